The van der Waals surface area contributed by atoms with Crippen molar-refractivity contribution in [2.24, 2.45) is 11.7 Å². The van der Waals surface area contributed by atoms with Crippen LogP contribution in [0.2, 0.25) is 0 Å². The molecule has 0 heterocycles. The van der Waals surface area contributed by atoms with E-state index in [0.29, 0.717) is 17.8 Å². The highest BCUT2D eigenvalue weighted by molar-refractivity contribution is 5.24. The molecule has 1 heteroatoms. The van der Waals surface area contributed by atoms with Crippen molar-refractivity contribution < 1.29 is 0 Å². The van der Waals surface area contributed by atoms with E-state index in [1.807, 2.05) is 0 Å². The van der Waals surface area contributed by atoms with Crippen LogP contribution in [-0.2, 0) is 0 Å². The van der Waals surface area contributed by atoms with Gasteiger partial charge in [0.05, 0.1) is 0 Å². The summed E-state index contributed by atoms with van der Waals surface area (Å²) < 4.78 is 0. The van der Waals surface area contributed by atoms with Gasteiger partial charge in [-0.05, 0) is 48.3 Å². The highest BCUT2D eigenvalue weighted by Gasteiger charge is 2.25. The molecule has 2 N–H and O–H groups in total. The van der Waals surface area contributed by atoms with E-state index in [1.165, 1.54) is 75.3 Å². The molecule has 1 nitrogen and oxygen atoms in total. The molecule has 0 spiro atoms. The summed E-state index contributed by atoms with van der Waals surface area (Å²) >= 11 is 0. The lowest BCUT2D eigenvalue weighted by Crippen LogP contribution is -2.17. The number of rotatable bonds is 15. The Balaban J connectivity index is 1.81. The summed E-state index contributed by atoms with van der Waals surface area (Å²) in [6, 6.07) is 22.2. The molecule has 2 rings (SSSR count). The molecule has 0 saturated carbocycles. The molecular weight excluding hydrogens is 350 g/mol. The van der Waals surface area contributed by atoms with Crippen molar-refractivity contribution >= 4 is 0 Å². The molecule has 0 aliphatic rings. The number of hydrogen-bond acceptors (Lipinski definition) is 1. The first kappa shape index (κ1) is 23.7. The zero-order valence-corrected chi connectivity index (χ0v) is 18.9. The molecule has 2 unspecified atom stereocenters. The molecule has 0 bridgehead atoms. The monoisotopic (exact) mass is 393 g/mol. The van der Waals surface area contributed by atoms with E-state index in [2.05, 4.69) is 74.5 Å². The normalized spacial score (nSPS) is 14.4. The lowest BCUT2D eigenvalue weighted by atomic mass is 9.74. The molecule has 0 amide bonds. The first-order chi connectivity index (χ1) is 14.2. The topological polar surface area (TPSA) is 26.0 Å². The van der Waals surface area contributed by atoms with Crippen LogP contribution in [-0.4, -0.2) is 6.54 Å². The molecule has 2 aromatic rings. The van der Waals surface area contributed by atoms with Crippen LogP contribution < -0.4 is 5.73 Å². The van der Waals surface area contributed by atoms with Crippen LogP contribution in [0.4, 0.5) is 0 Å². The summed E-state index contributed by atoms with van der Waals surface area (Å²) in [7, 11) is 0. The van der Waals surface area contributed by atoms with Gasteiger partial charge in [0.15, 0.2) is 0 Å². The van der Waals surface area contributed by atoms with Gasteiger partial charge in [-0.25, -0.2) is 0 Å². The average Bonchev–Trinajstić information content (AvgIpc) is 2.78. The second-order valence-electron chi connectivity index (χ2n) is 8.82. The third-order valence-corrected chi connectivity index (χ3v) is 6.68. The Morgan fingerprint density at radius 2 is 0.931 bits per heavy atom. The molecule has 2 atom stereocenters. The Morgan fingerprint density at radius 1 is 0.552 bits per heavy atom. The quantitative estimate of drug-likeness (QED) is 0.304. The molecule has 0 fully saturated rings. The van der Waals surface area contributed by atoms with Gasteiger partial charge in [0, 0.05) is 0 Å². The van der Waals surface area contributed by atoms with Gasteiger partial charge in [0.2, 0.25) is 0 Å². The van der Waals surface area contributed by atoms with Crippen LogP contribution in [0.25, 0.3) is 0 Å². The van der Waals surface area contributed by atoms with E-state index in [0.717, 1.165) is 6.54 Å². The van der Waals surface area contributed by atoms with E-state index < -0.39 is 0 Å². The van der Waals surface area contributed by atoms with Gasteiger partial charge in [-0.15, -0.1) is 0 Å². The maximum Gasteiger partial charge on any atom is -0.00773 e. The van der Waals surface area contributed by atoms with Gasteiger partial charge in [-0.2, -0.15) is 0 Å². The molecule has 0 saturated heterocycles. The summed E-state index contributed by atoms with van der Waals surface area (Å²) in [5.41, 5.74) is 8.53. The Bertz CT molecular complexity index is 576. The van der Waals surface area contributed by atoms with Gasteiger partial charge in [0.25, 0.3) is 0 Å². The smallest absolute Gasteiger partial charge is 0.00773 e. The average molecular weight is 394 g/mol. The standard InChI is InChI=1S/C28H43N/c1-24(26-18-12-10-13-19-26)28(25(2)27-20-14-11-15-21-27)22-16-8-6-4-3-5-7-9-17-23-29/h10-15,18-21,24-25,28H,3-9,16-17,22-23,29H2,1-2H3. The van der Waals surface area contributed by atoms with Crippen LogP contribution >= 0.6 is 0 Å². The second kappa shape index (κ2) is 14.4. The van der Waals surface area contributed by atoms with Crippen LogP contribution in [0.15, 0.2) is 60.7 Å². The molecule has 0 aliphatic carbocycles. The van der Waals surface area contributed by atoms with Gasteiger partial charge < -0.3 is 5.73 Å². The van der Waals surface area contributed by atoms with Crippen LogP contribution in [0.3, 0.4) is 0 Å². The third kappa shape index (κ3) is 8.74. The minimum Gasteiger partial charge on any atom is -0.330 e. The molecule has 160 valence electrons. The highest BCUT2D eigenvalue weighted by Crippen LogP contribution is 2.39. The van der Waals surface area contributed by atoms with Gasteiger partial charge in [0.1, 0.15) is 0 Å². The van der Waals surface area contributed by atoms with E-state index in [1.54, 1.807) is 0 Å². The number of nitrogens with two attached hydrogens (primary N) is 1. The number of hydrogen-bond donors (Lipinski definition) is 1. The maximum atomic E-state index is 5.57. The first-order valence-corrected chi connectivity index (χ1v) is 12.0. The summed E-state index contributed by atoms with van der Waals surface area (Å²) in [5.74, 6) is 1.87. The first-order valence-electron chi connectivity index (χ1n) is 12.0. The fourth-order valence-electron chi connectivity index (χ4n) is 4.70. The summed E-state index contributed by atoms with van der Waals surface area (Å²) in [6.45, 7) is 5.71. The number of benzene rings is 2. The van der Waals surface area contributed by atoms with Crippen LogP contribution in [0, 0.1) is 5.92 Å². The van der Waals surface area contributed by atoms with Crippen molar-refractivity contribution in [2.45, 2.75) is 89.9 Å². The van der Waals surface area contributed by atoms with Crippen LogP contribution in [0.5, 0.6) is 0 Å². The minimum absolute atomic E-state index is 0.592. The SMILES string of the molecule is CC(c1ccccc1)C(CCCCCCCCCCCN)C(C)c1ccccc1. The van der Waals surface area contributed by atoms with Crippen molar-refractivity contribution in [1.29, 1.82) is 0 Å². The molecular formula is C28H43N. The zero-order valence-electron chi connectivity index (χ0n) is 18.9. The van der Waals surface area contributed by atoms with E-state index >= 15 is 0 Å². The van der Waals surface area contributed by atoms with E-state index in [4.69, 9.17) is 5.73 Å². The molecule has 29 heavy (non-hydrogen) atoms. The van der Waals surface area contributed by atoms with Crippen molar-refractivity contribution in [1.82, 2.24) is 0 Å². The number of unbranched alkanes of at least 4 members (excludes halogenated alkanes) is 8. The Labute approximate surface area is 180 Å². The van der Waals surface area contributed by atoms with Crippen molar-refractivity contribution in [2.75, 3.05) is 6.54 Å². The maximum absolute atomic E-state index is 5.57. The second-order valence-corrected chi connectivity index (χ2v) is 8.82. The molecule has 2 aromatic carbocycles. The summed E-state index contributed by atoms with van der Waals surface area (Å²) in [4.78, 5) is 0. The Kier molecular flexibility index (Phi) is 11.8. The van der Waals surface area contributed by atoms with Gasteiger partial charge in [-0.1, -0.05) is 126 Å². The summed E-state index contributed by atoms with van der Waals surface area (Å²) in [6.07, 6.45) is 13.5. The van der Waals surface area contributed by atoms with Crippen molar-refractivity contribution in [3.8, 4) is 0 Å². The van der Waals surface area contributed by atoms with Crippen molar-refractivity contribution in [3.63, 3.8) is 0 Å². The lowest BCUT2D eigenvalue weighted by Gasteiger charge is -2.31. The zero-order chi connectivity index (χ0) is 20.7. The van der Waals surface area contributed by atoms with Crippen LogP contribution in [0.1, 0.15) is 101 Å². The van der Waals surface area contributed by atoms with E-state index in [-0.39, 0.29) is 0 Å². The third-order valence-electron chi connectivity index (χ3n) is 6.68. The minimum atomic E-state index is 0.592. The highest BCUT2D eigenvalue weighted by atomic mass is 14.5. The van der Waals surface area contributed by atoms with Gasteiger partial charge >= 0.3 is 0 Å². The Hall–Kier alpha value is -1.60. The van der Waals surface area contributed by atoms with Crippen molar-refractivity contribution in [3.05, 3.63) is 71.8 Å². The largest absolute Gasteiger partial charge is 0.330 e. The Morgan fingerprint density at radius 3 is 1.34 bits per heavy atom. The fraction of sp³-hybridized carbons (Fsp3) is 0.571. The predicted molar refractivity (Wildman–Crippen MR) is 128 cm³/mol. The predicted octanol–water partition coefficient (Wildman–Crippen LogP) is 8.07. The molecule has 0 radical (unpaired) electrons. The van der Waals surface area contributed by atoms with E-state index in [9.17, 15) is 0 Å². The van der Waals surface area contributed by atoms with Gasteiger partial charge in [-0.3, -0.25) is 0 Å². The fourth-order valence-corrected chi connectivity index (χ4v) is 4.70. The molecule has 0 aromatic heterocycles. The molecule has 0 aliphatic heterocycles. The lowest BCUT2D eigenvalue weighted by molar-refractivity contribution is 0.342. The summed E-state index contributed by atoms with van der Waals surface area (Å²) in [5, 5.41) is 0.